The van der Waals surface area contributed by atoms with Crippen molar-refractivity contribution in [3.63, 3.8) is 0 Å². The monoisotopic (exact) mass is 311 g/mol. The van der Waals surface area contributed by atoms with Crippen LogP contribution in [0.1, 0.15) is 48.7 Å². The van der Waals surface area contributed by atoms with E-state index in [0.717, 1.165) is 24.9 Å². The van der Waals surface area contributed by atoms with Gasteiger partial charge in [-0.05, 0) is 42.5 Å². The summed E-state index contributed by atoms with van der Waals surface area (Å²) >= 11 is 0. The molecule has 2 N–H and O–H groups in total. The van der Waals surface area contributed by atoms with Crippen LogP contribution >= 0.6 is 0 Å². The Labute approximate surface area is 138 Å². The van der Waals surface area contributed by atoms with Gasteiger partial charge in [0.05, 0.1) is 0 Å². The number of nitrogens with zero attached hydrogens (tertiary/aromatic N) is 1. The van der Waals surface area contributed by atoms with Gasteiger partial charge in [-0.15, -0.1) is 0 Å². The molecule has 0 spiro atoms. The normalized spacial score (nSPS) is 10.4. The minimum absolute atomic E-state index is 0.0585. The van der Waals surface area contributed by atoms with Crippen molar-refractivity contribution in [3.05, 3.63) is 53.2 Å². The summed E-state index contributed by atoms with van der Waals surface area (Å²) in [7, 11) is 0. The van der Waals surface area contributed by atoms with E-state index >= 15 is 0 Å². The van der Waals surface area contributed by atoms with E-state index in [2.05, 4.69) is 47.7 Å². The van der Waals surface area contributed by atoms with Gasteiger partial charge in [-0.2, -0.15) is 0 Å². The number of benzene rings is 1. The Hall–Kier alpha value is -2.36. The zero-order valence-electron chi connectivity index (χ0n) is 14.1. The highest BCUT2D eigenvalue weighted by molar-refractivity contribution is 5.94. The van der Waals surface area contributed by atoms with Gasteiger partial charge in [0, 0.05) is 24.0 Å². The van der Waals surface area contributed by atoms with Crippen LogP contribution in [0.5, 0.6) is 0 Å². The molecule has 4 nitrogen and oxygen atoms in total. The van der Waals surface area contributed by atoms with Crippen molar-refractivity contribution in [3.8, 4) is 0 Å². The van der Waals surface area contributed by atoms with E-state index in [9.17, 15) is 4.79 Å². The second-order valence-electron chi connectivity index (χ2n) is 5.47. The number of pyridine rings is 1. The predicted molar refractivity (Wildman–Crippen MR) is 95.3 cm³/mol. The smallest absolute Gasteiger partial charge is 0.251 e. The average Bonchev–Trinajstić information content (AvgIpc) is 2.60. The number of amides is 1. The minimum atomic E-state index is -0.0585. The van der Waals surface area contributed by atoms with E-state index in [1.165, 1.54) is 11.1 Å². The summed E-state index contributed by atoms with van der Waals surface area (Å²) in [6.07, 6.45) is 4.49. The van der Waals surface area contributed by atoms with E-state index in [4.69, 9.17) is 0 Å². The van der Waals surface area contributed by atoms with Gasteiger partial charge in [0.15, 0.2) is 0 Å². The fourth-order valence-corrected chi connectivity index (χ4v) is 2.51. The molecule has 23 heavy (non-hydrogen) atoms. The van der Waals surface area contributed by atoms with E-state index in [0.29, 0.717) is 17.9 Å². The number of carbonyl (C=O) groups is 1. The Morgan fingerprint density at radius 2 is 1.78 bits per heavy atom. The molecule has 1 heterocycles. The zero-order chi connectivity index (χ0) is 16.7. The molecule has 4 heteroatoms. The number of hydrogen-bond acceptors (Lipinski definition) is 3. The SMILES string of the molecule is CCCNC(=O)c1ccnc(Nc2c(CC)cccc2CC)c1. The Kier molecular flexibility index (Phi) is 6.15. The lowest BCUT2D eigenvalue weighted by atomic mass is 10.0. The molecule has 2 aromatic rings. The lowest BCUT2D eigenvalue weighted by molar-refractivity contribution is 0.0953. The molecular formula is C19H25N3O. The number of nitrogens with one attached hydrogen (secondary N) is 2. The first-order chi connectivity index (χ1) is 11.2. The molecule has 0 fully saturated rings. The Morgan fingerprint density at radius 3 is 2.39 bits per heavy atom. The van der Waals surface area contributed by atoms with Gasteiger partial charge in [-0.25, -0.2) is 4.98 Å². The minimum Gasteiger partial charge on any atom is -0.352 e. The average molecular weight is 311 g/mol. The van der Waals surface area contributed by atoms with Crippen molar-refractivity contribution >= 4 is 17.4 Å². The van der Waals surface area contributed by atoms with E-state index in [-0.39, 0.29) is 5.91 Å². The van der Waals surface area contributed by atoms with Crippen LogP contribution in [-0.2, 0) is 12.8 Å². The third-order valence-corrected chi connectivity index (χ3v) is 3.81. The van der Waals surface area contributed by atoms with Crippen molar-refractivity contribution in [2.45, 2.75) is 40.0 Å². The highest BCUT2D eigenvalue weighted by atomic mass is 16.1. The van der Waals surface area contributed by atoms with Crippen LogP contribution in [0.4, 0.5) is 11.5 Å². The van der Waals surface area contributed by atoms with Crippen molar-refractivity contribution in [2.24, 2.45) is 0 Å². The molecule has 0 radical (unpaired) electrons. The molecule has 0 aliphatic carbocycles. The molecule has 0 unspecified atom stereocenters. The fraction of sp³-hybridized carbons (Fsp3) is 0.368. The maximum atomic E-state index is 12.1. The van der Waals surface area contributed by atoms with Gasteiger partial charge in [0.2, 0.25) is 0 Å². The standard InChI is InChI=1S/C19H25N3O/c1-4-11-21-19(23)16-10-12-20-17(13-16)22-18-14(5-2)8-7-9-15(18)6-3/h7-10,12-13H,4-6,11H2,1-3H3,(H,20,22)(H,21,23). The third kappa shape index (κ3) is 4.31. The van der Waals surface area contributed by atoms with Crippen LogP contribution in [-0.4, -0.2) is 17.4 Å². The maximum Gasteiger partial charge on any atom is 0.251 e. The first-order valence-electron chi connectivity index (χ1n) is 8.31. The van der Waals surface area contributed by atoms with Crippen LogP contribution in [0.3, 0.4) is 0 Å². The first kappa shape index (κ1) is 17.0. The van der Waals surface area contributed by atoms with Crippen LogP contribution < -0.4 is 10.6 Å². The molecule has 0 saturated heterocycles. The Bertz CT molecular complexity index is 645. The summed E-state index contributed by atoms with van der Waals surface area (Å²) in [5, 5.41) is 6.29. The van der Waals surface area contributed by atoms with Gasteiger partial charge in [-0.1, -0.05) is 39.0 Å². The number of para-hydroxylation sites is 1. The number of aryl methyl sites for hydroxylation is 2. The third-order valence-electron chi connectivity index (χ3n) is 3.81. The molecule has 0 saturated carbocycles. The molecule has 0 bridgehead atoms. The molecule has 122 valence electrons. The summed E-state index contributed by atoms with van der Waals surface area (Å²) in [5.41, 5.74) is 4.25. The van der Waals surface area contributed by atoms with Crippen molar-refractivity contribution < 1.29 is 4.79 Å². The van der Waals surface area contributed by atoms with Crippen molar-refractivity contribution in [1.29, 1.82) is 0 Å². The predicted octanol–water partition coefficient (Wildman–Crippen LogP) is 4.09. The largest absolute Gasteiger partial charge is 0.352 e. The number of anilines is 2. The van der Waals surface area contributed by atoms with Gasteiger partial charge >= 0.3 is 0 Å². The number of aromatic nitrogens is 1. The molecule has 0 atom stereocenters. The molecule has 1 aromatic carbocycles. The van der Waals surface area contributed by atoms with E-state index in [1.807, 2.05) is 6.92 Å². The summed E-state index contributed by atoms with van der Waals surface area (Å²) in [4.78, 5) is 16.4. The summed E-state index contributed by atoms with van der Waals surface area (Å²) < 4.78 is 0. The molecule has 0 aliphatic rings. The molecule has 2 rings (SSSR count). The van der Waals surface area contributed by atoms with Crippen LogP contribution in [0.25, 0.3) is 0 Å². The Balaban J connectivity index is 2.26. The van der Waals surface area contributed by atoms with Gasteiger partial charge in [-0.3, -0.25) is 4.79 Å². The van der Waals surface area contributed by atoms with Crippen LogP contribution in [0.15, 0.2) is 36.5 Å². The van der Waals surface area contributed by atoms with Gasteiger partial charge in [0.1, 0.15) is 5.82 Å². The Morgan fingerprint density at radius 1 is 1.09 bits per heavy atom. The second-order valence-corrected chi connectivity index (χ2v) is 5.47. The number of hydrogen-bond donors (Lipinski definition) is 2. The van der Waals surface area contributed by atoms with Crippen molar-refractivity contribution in [2.75, 3.05) is 11.9 Å². The van der Waals surface area contributed by atoms with Crippen LogP contribution in [0, 0.1) is 0 Å². The number of carbonyl (C=O) groups excluding carboxylic acids is 1. The lowest BCUT2D eigenvalue weighted by Gasteiger charge is -2.15. The lowest BCUT2D eigenvalue weighted by Crippen LogP contribution is -2.24. The molecule has 1 aromatic heterocycles. The van der Waals surface area contributed by atoms with Crippen LogP contribution in [0.2, 0.25) is 0 Å². The zero-order valence-corrected chi connectivity index (χ0v) is 14.1. The molecule has 1 amide bonds. The summed E-state index contributed by atoms with van der Waals surface area (Å²) in [6, 6.07) is 9.88. The summed E-state index contributed by atoms with van der Waals surface area (Å²) in [6.45, 7) is 7.00. The first-order valence-corrected chi connectivity index (χ1v) is 8.31. The van der Waals surface area contributed by atoms with E-state index in [1.54, 1.807) is 18.3 Å². The number of rotatable bonds is 7. The van der Waals surface area contributed by atoms with Gasteiger partial charge in [0.25, 0.3) is 5.91 Å². The summed E-state index contributed by atoms with van der Waals surface area (Å²) in [5.74, 6) is 0.640. The van der Waals surface area contributed by atoms with E-state index < -0.39 is 0 Å². The van der Waals surface area contributed by atoms with Crippen molar-refractivity contribution in [1.82, 2.24) is 10.3 Å². The second kappa shape index (κ2) is 8.32. The quantitative estimate of drug-likeness (QED) is 0.810. The fourth-order valence-electron chi connectivity index (χ4n) is 2.51. The topological polar surface area (TPSA) is 54.0 Å². The highest BCUT2D eigenvalue weighted by Crippen LogP contribution is 2.26. The highest BCUT2D eigenvalue weighted by Gasteiger charge is 2.10. The maximum absolute atomic E-state index is 12.1. The molecule has 0 aliphatic heterocycles. The van der Waals surface area contributed by atoms with Gasteiger partial charge < -0.3 is 10.6 Å². The molecular weight excluding hydrogens is 286 g/mol.